The van der Waals surface area contributed by atoms with E-state index in [9.17, 15) is 0 Å². The number of rotatable bonds is 10. The van der Waals surface area contributed by atoms with Crippen LogP contribution in [-0.2, 0) is 4.74 Å². The first-order chi connectivity index (χ1) is 10.6. The normalized spacial score (nSPS) is 14.3. The summed E-state index contributed by atoms with van der Waals surface area (Å²) in [6, 6.07) is 0. The van der Waals surface area contributed by atoms with Crippen molar-refractivity contribution in [1.82, 2.24) is 0 Å². The molecular weight excluding hydrogens is 280 g/mol. The van der Waals surface area contributed by atoms with Crippen molar-refractivity contribution in [2.75, 3.05) is 0 Å². The van der Waals surface area contributed by atoms with Crippen LogP contribution in [0.15, 0.2) is 23.7 Å². The molecule has 0 aliphatic heterocycles. The molecular formula is C22H42O. The maximum Gasteiger partial charge on any atom is 0.100 e. The Morgan fingerprint density at radius 1 is 0.652 bits per heavy atom. The molecule has 0 radical (unpaired) electrons. The predicted molar refractivity (Wildman–Crippen MR) is 104 cm³/mol. The van der Waals surface area contributed by atoms with Crippen LogP contribution in [0.5, 0.6) is 0 Å². The SMILES string of the molecule is CCCCCC(=CC(C)(C)C)OC(=CC(C)(C)C)CCCCC. The van der Waals surface area contributed by atoms with E-state index < -0.39 is 0 Å². The predicted octanol–water partition coefficient (Wildman–Crippen LogP) is 8.02. The average Bonchev–Trinajstić information content (AvgIpc) is 2.35. The van der Waals surface area contributed by atoms with Crippen LogP contribution < -0.4 is 0 Å². The third kappa shape index (κ3) is 14.6. The highest BCUT2D eigenvalue weighted by atomic mass is 16.5. The summed E-state index contributed by atoms with van der Waals surface area (Å²) in [5.74, 6) is 2.33. The van der Waals surface area contributed by atoms with Crippen LogP contribution >= 0.6 is 0 Å². The van der Waals surface area contributed by atoms with E-state index in [0.29, 0.717) is 0 Å². The van der Waals surface area contributed by atoms with Gasteiger partial charge in [-0.1, -0.05) is 81.1 Å². The second-order valence-electron chi connectivity index (χ2n) is 8.97. The summed E-state index contributed by atoms with van der Waals surface area (Å²) >= 11 is 0. The molecule has 0 N–H and O–H groups in total. The van der Waals surface area contributed by atoms with E-state index in [0.717, 1.165) is 24.4 Å². The van der Waals surface area contributed by atoms with E-state index in [1.807, 2.05) is 0 Å². The molecule has 0 aromatic carbocycles. The van der Waals surface area contributed by atoms with Crippen molar-refractivity contribution in [3.8, 4) is 0 Å². The first kappa shape index (κ1) is 22.3. The molecule has 0 amide bonds. The van der Waals surface area contributed by atoms with Crippen LogP contribution in [-0.4, -0.2) is 0 Å². The summed E-state index contributed by atoms with van der Waals surface area (Å²) in [5.41, 5.74) is 0.329. The Morgan fingerprint density at radius 3 is 1.26 bits per heavy atom. The zero-order chi connectivity index (χ0) is 17.9. The molecule has 0 unspecified atom stereocenters. The molecule has 0 bridgehead atoms. The van der Waals surface area contributed by atoms with Crippen molar-refractivity contribution >= 4 is 0 Å². The number of unbranched alkanes of at least 4 members (excludes halogenated alkanes) is 4. The van der Waals surface area contributed by atoms with Gasteiger partial charge in [0.05, 0.1) is 0 Å². The molecule has 0 atom stereocenters. The van der Waals surface area contributed by atoms with E-state index >= 15 is 0 Å². The Hall–Kier alpha value is -0.720. The summed E-state index contributed by atoms with van der Waals surface area (Å²) in [7, 11) is 0. The van der Waals surface area contributed by atoms with E-state index in [1.165, 1.54) is 38.5 Å². The quantitative estimate of drug-likeness (QED) is 0.292. The van der Waals surface area contributed by atoms with Gasteiger partial charge in [-0.25, -0.2) is 0 Å². The highest BCUT2D eigenvalue weighted by Crippen LogP contribution is 2.27. The van der Waals surface area contributed by atoms with Crippen molar-refractivity contribution in [1.29, 1.82) is 0 Å². The van der Waals surface area contributed by atoms with Crippen molar-refractivity contribution in [3.05, 3.63) is 23.7 Å². The summed E-state index contributed by atoms with van der Waals surface area (Å²) in [4.78, 5) is 0. The molecule has 1 nitrogen and oxygen atoms in total. The number of allylic oxidation sites excluding steroid dienone is 4. The van der Waals surface area contributed by atoms with Gasteiger partial charge in [-0.3, -0.25) is 0 Å². The molecule has 0 fully saturated rings. The standard InChI is InChI=1S/C22H42O/c1-9-11-13-15-19(17-21(3,4)5)23-20(16-14-12-10-2)18-22(6,7)8/h17-18H,9-16H2,1-8H3. The van der Waals surface area contributed by atoms with E-state index in [1.54, 1.807) is 0 Å². The molecule has 0 aliphatic rings. The van der Waals surface area contributed by atoms with Crippen LogP contribution in [0, 0.1) is 10.8 Å². The summed E-state index contributed by atoms with van der Waals surface area (Å²) in [6.45, 7) is 18.0. The van der Waals surface area contributed by atoms with Crippen LogP contribution in [0.2, 0.25) is 0 Å². The first-order valence-electron chi connectivity index (χ1n) is 9.68. The second-order valence-corrected chi connectivity index (χ2v) is 8.97. The lowest BCUT2D eigenvalue weighted by atomic mass is 9.94. The summed E-state index contributed by atoms with van der Waals surface area (Å²) < 4.78 is 6.42. The number of ether oxygens (including phenoxy) is 1. The maximum absolute atomic E-state index is 6.42. The van der Waals surface area contributed by atoms with Crippen molar-refractivity contribution in [2.24, 2.45) is 10.8 Å². The van der Waals surface area contributed by atoms with Crippen LogP contribution in [0.25, 0.3) is 0 Å². The smallest absolute Gasteiger partial charge is 0.100 e. The van der Waals surface area contributed by atoms with Gasteiger partial charge in [-0.05, 0) is 35.8 Å². The number of hydrogen-bond donors (Lipinski definition) is 0. The Labute approximate surface area is 146 Å². The zero-order valence-electron chi connectivity index (χ0n) is 17.2. The Kier molecular flexibility index (Phi) is 10.6. The molecule has 0 spiro atoms. The molecule has 23 heavy (non-hydrogen) atoms. The van der Waals surface area contributed by atoms with E-state index in [2.05, 4.69) is 67.5 Å². The van der Waals surface area contributed by atoms with E-state index in [-0.39, 0.29) is 10.8 Å². The van der Waals surface area contributed by atoms with Gasteiger partial charge in [0.25, 0.3) is 0 Å². The monoisotopic (exact) mass is 322 g/mol. The van der Waals surface area contributed by atoms with Crippen molar-refractivity contribution < 1.29 is 4.74 Å². The molecule has 0 aliphatic carbocycles. The maximum atomic E-state index is 6.42. The fourth-order valence-electron chi connectivity index (χ4n) is 2.54. The Morgan fingerprint density at radius 2 is 1.00 bits per heavy atom. The van der Waals surface area contributed by atoms with E-state index in [4.69, 9.17) is 4.74 Å². The van der Waals surface area contributed by atoms with Gasteiger partial charge < -0.3 is 4.74 Å². The van der Waals surface area contributed by atoms with Gasteiger partial charge in [-0.15, -0.1) is 0 Å². The Balaban J connectivity index is 5.09. The highest BCUT2D eigenvalue weighted by Gasteiger charge is 2.14. The third-order valence-corrected chi connectivity index (χ3v) is 3.50. The lowest BCUT2D eigenvalue weighted by Gasteiger charge is -2.21. The van der Waals surface area contributed by atoms with Gasteiger partial charge in [0.2, 0.25) is 0 Å². The Bertz CT molecular complexity index is 324. The van der Waals surface area contributed by atoms with Gasteiger partial charge >= 0.3 is 0 Å². The summed E-state index contributed by atoms with van der Waals surface area (Å²) in [6.07, 6.45) is 14.2. The molecule has 0 heterocycles. The van der Waals surface area contributed by atoms with Gasteiger partial charge in [0.1, 0.15) is 11.5 Å². The molecule has 0 saturated carbocycles. The molecule has 1 heteroatoms. The third-order valence-electron chi connectivity index (χ3n) is 3.50. The molecule has 136 valence electrons. The van der Waals surface area contributed by atoms with Gasteiger partial charge in [0.15, 0.2) is 0 Å². The fraction of sp³-hybridized carbons (Fsp3) is 0.818. The van der Waals surface area contributed by atoms with Gasteiger partial charge in [0, 0.05) is 12.8 Å². The fourth-order valence-corrected chi connectivity index (χ4v) is 2.54. The van der Waals surface area contributed by atoms with Crippen LogP contribution in [0.4, 0.5) is 0 Å². The van der Waals surface area contributed by atoms with Crippen LogP contribution in [0.1, 0.15) is 107 Å². The minimum Gasteiger partial charge on any atom is -0.467 e. The summed E-state index contributed by atoms with van der Waals surface area (Å²) in [5, 5.41) is 0. The van der Waals surface area contributed by atoms with Crippen molar-refractivity contribution in [2.45, 2.75) is 107 Å². The molecule has 0 rings (SSSR count). The topological polar surface area (TPSA) is 9.23 Å². The molecule has 0 saturated heterocycles. The van der Waals surface area contributed by atoms with Gasteiger partial charge in [-0.2, -0.15) is 0 Å². The first-order valence-corrected chi connectivity index (χ1v) is 9.68. The zero-order valence-corrected chi connectivity index (χ0v) is 17.2. The highest BCUT2D eigenvalue weighted by molar-refractivity contribution is 5.08. The molecule has 0 aromatic heterocycles. The second kappa shape index (κ2) is 10.9. The minimum absolute atomic E-state index is 0.164. The largest absolute Gasteiger partial charge is 0.467 e. The lowest BCUT2D eigenvalue weighted by molar-refractivity contribution is 0.256. The van der Waals surface area contributed by atoms with Crippen molar-refractivity contribution in [3.63, 3.8) is 0 Å². The lowest BCUT2D eigenvalue weighted by Crippen LogP contribution is -2.07. The minimum atomic E-state index is 0.164. The van der Waals surface area contributed by atoms with Crippen LogP contribution in [0.3, 0.4) is 0 Å². The molecule has 0 aromatic rings. The average molecular weight is 323 g/mol. The number of hydrogen-bond acceptors (Lipinski definition) is 1.